The standard InChI is InChI=1S/C25H29N9O4/c1-37-19-9-7-17(8-10-19)15-26-22-29-23(31-24(30-22)32-34-16-20(35)27-25(34)36)28-21(18-5-3-2-4-6-18)33-11-13-38-14-12-33/h2-10,21H,11-16H2,1H3,(H,27,35,36)(H3,26,28,29,30,31,32). The number of hydrazine groups is 1. The molecule has 5 rings (SSSR count). The van der Waals surface area contributed by atoms with E-state index in [1.807, 2.05) is 54.6 Å². The van der Waals surface area contributed by atoms with Crippen molar-refractivity contribution < 1.29 is 19.1 Å². The lowest BCUT2D eigenvalue weighted by Gasteiger charge is -2.35. The van der Waals surface area contributed by atoms with Gasteiger partial charge in [-0.25, -0.2) is 9.80 Å². The molecular weight excluding hydrogens is 490 g/mol. The first kappa shape index (κ1) is 25.2. The predicted molar refractivity (Wildman–Crippen MR) is 139 cm³/mol. The van der Waals surface area contributed by atoms with Gasteiger partial charge in [0.25, 0.3) is 0 Å². The van der Waals surface area contributed by atoms with Gasteiger partial charge in [-0.15, -0.1) is 0 Å². The molecule has 2 fully saturated rings. The van der Waals surface area contributed by atoms with Gasteiger partial charge in [-0.1, -0.05) is 42.5 Å². The van der Waals surface area contributed by atoms with Gasteiger partial charge in [0.05, 0.1) is 20.3 Å². The lowest BCUT2D eigenvalue weighted by atomic mass is 10.1. The Morgan fingerprint density at radius 2 is 1.68 bits per heavy atom. The zero-order valence-corrected chi connectivity index (χ0v) is 20.9. The summed E-state index contributed by atoms with van der Waals surface area (Å²) in [7, 11) is 1.62. The quantitative estimate of drug-likeness (QED) is 0.291. The summed E-state index contributed by atoms with van der Waals surface area (Å²) in [5.74, 6) is 1.05. The van der Waals surface area contributed by atoms with Crippen molar-refractivity contribution >= 4 is 29.8 Å². The zero-order chi connectivity index (χ0) is 26.3. The number of morpholine rings is 1. The maximum absolute atomic E-state index is 12.1. The number of aromatic nitrogens is 3. The number of nitrogens with one attached hydrogen (secondary N) is 4. The number of methoxy groups -OCH3 is 1. The normalized spacial score (nSPS) is 16.6. The highest BCUT2D eigenvalue weighted by Crippen LogP contribution is 2.24. The van der Waals surface area contributed by atoms with E-state index in [0.29, 0.717) is 31.7 Å². The Morgan fingerprint density at radius 3 is 2.37 bits per heavy atom. The summed E-state index contributed by atoms with van der Waals surface area (Å²) in [6, 6.07) is 17.1. The molecule has 198 valence electrons. The maximum atomic E-state index is 12.1. The number of amides is 3. The second kappa shape index (κ2) is 11.7. The summed E-state index contributed by atoms with van der Waals surface area (Å²) in [6.45, 7) is 3.02. The van der Waals surface area contributed by atoms with Gasteiger partial charge in [0.2, 0.25) is 23.8 Å². The van der Waals surface area contributed by atoms with Gasteiger partial charge in [0.15, 0.2) is 0 Å². The Balaban J connectivity index is 1.41. The van der Waals surface area contributed by atoms with Gasteiger partial charge in [-0.3, -0.25) is 20.4 Å². The van der Waals surface area contributed by atoms with Gasteiger partial charge >= 0.3 is 6.03 Å². The molecule has 3 heterocycles. The Hall–Kier alpha value is -4.49. The van der Waals surface area contributed by atoms with Crippen LogP contribution in [0.15, 0.2) is 54.6 Å². The van der Waals surface area contributed by atoms with Crippen molar-refractivity contribution in [2.45, 2.75) is 12.7 Å². The molecule has 3 amide bonds. The van der Waals surface area contributed by atoms with E-state index in [1.54, 1.807) is 7.11 Å². The number of rotatable bonds is 10. The summed E-state index contributed by atoms with van der Waals surface area (Å²) in [5, 5.41) is 9.98. The van der Waals surface area contributed by atoms with Crippen LogP contribution in [0.3, 0.4) is 0 Å². The van der Waals surface area contributed by atoms with Crippen LogP contribution in [-0.4, -0.2) is 76.8 Å². The van der Waals surface area contributed by atoms with Crippen LogP contribution in [0.4, 0.5) is 22.6 Å². The van der Waals surface area contributed by atoms with Gasteiger partial charge in [-0.05, 0) is 23.3 Å². The monoisotopic (exact) mass is 519 g/mol. The summed E-state index contributed by atoms with van der Waals surface area (Å²) < 4.78 is 10.8. The number of hydrogen-bond acceptors (Lipinski definition) is 11. The SMILES string of the molecule is COc1ccc(CNc2nc(NC(c3ccccc3)N3CCOCC3)nc(NN3CC(=O)NC3=O)n2)cc1. The Morgan fingerprint density at radius 1 is 0.974 bits per heavy atom. The zero-order valence-electron chi connectivity index (χ0n) is 20.9. The van der Waals surface area contributed by atoms with Crippen LogP contribution < -0.4 is 26.1 Å². The first-order valence-electron chi connectivity index (χ1n) is 12.2. The van der Waals surface area contributed by atoms with Crippen molar-refractivity contribution in [3.63, 3.8) is 0 Å². The first-order chi connectivity index (χ1) is 18.6. The largest absolute Gasteiger partial charge is 0.497 e. The van der Waals surface area contributed by atoms with E-state index in [9.17, 15) is 9.59 Å². The van der Waals surface area contributed by atoms with Crippen LogP contribution in [0.5, 0.6) is 5.75 Å². The minimum atomic E-state index is -0.576. The topological polar surface area (TPSA) is 146 Å². The van der Waals surface area contributed by atoms with E-state index in [1.165, 1.54) is 0 Å². The van der Waals surface area contributed by atoms with Crippen LogP contribution in [0, 0.1) is 0 Å². The third kappa shape index (κ3) is 6.25. The van der Waals surface area contributed by atoms with Gasteiger partial charge in [0.1, 0.15) is 18.5 Å². The molecule has 0 radical (unpaired) electrons. The number of anilines is 3. The van der Waals surface area contributed by atoms with E-state index in [0.717, 1.165) is 35.0 Å². The molecular formula is C25H29N9O4. The highest BCUT2D eigenvalue weighted by Gasteiger charge is 2.28. The Kier molecular flexibility index (Phi) is 7.75. The lowest BCUT2D eigenvalue weighted by Crippen LogP contribution is -2.42. The number of urea groups is 1. The molecule has 1 atom stereocenters. The van der Waals surface area contributed by atoms with Crippen molar-refractivity contribution in [3.8, 4) is 5.75 Å². The molecule has 1 aromatic heterocycles. The fourth-order valence-corrected chi connectivity index (χ4v) is 4.13. The molecule has 3 aromatic rings. The summed E-state index contributed by atoms with van der Waals surface area (Å²) in [6.07, 6.45) is -0.221. The third-order valence-electron chi connectivity index (χ3n) is 6.07. The van der Waals surface area contributed by atoms with Crippen molar-refractivity contribution in [2.75, 3.05) is 56.0 Å². The summed E-state index contributed by atoms with van der Waals surface area (Å²) in [5.41, 5.74) is 4.85. The highest BCUT2D eigenvalue weighted by atomic mass is 16.5. The molecule has 0 bridgehead atoms. The van der Waals surface area contributed by atoms with Gasteiger partial charge in [0, 0.05) is 19.6 Å². The van der Waals surface area contributed by atoms with Crippen LogP contribution in [-0.2, 0) is 16.1 Å². The molecule has 2 saturated heterocycles. The molecule has 2 aromatic carbocycles. The molecule has 38 heavy (non-hydrogen) atoms. The Labute approximate surface area is 219 Å². The van der Waals surface area contributed by atoms with Crippen LogP contribution >= 0.6 is 0 Å². The fraction of sp³-hybridized carbons (Fsp3) is 0.320. The summed E-state index contributed by atoms with van der Waals surface area (Å²) in [4.78, 5) is 39.5. The highest BCUT2D eigenvalue weighted by molar-refractivity contribution is 6.02. The average molecular weight is 520 g/mol. The van der Waals surface area contributed by atoms with Gasteiger partial charge in [-0.2, -0.15) is 15.0 Å². The molecule has 2 aliphatic rings. The molecule has 1 unspecified atom stereocenters. The second-order valence-electron chi connectivity index (χ2n) is 8.67. The molecule has 0 spiro atoms. The van der Waals surface area contributed by atoms with E-state index in [2.05, 4.69) is 41.2 Å². The van der Waals surface area contributed by atoms with Gasteiger partial charge < -0.3 is 20.1 Å². The predicted octanol–water partition coefficient (Wildman–Crippen LogP) is 1.81. The minimum Gasteiger partial charge on any atom is -0.497 e. The Bertz CT molecular complexity index is 1250. The van der Waals surface area contributed by atoms with Crippen molar-refractivity contribution in [2.24, 2.45) is 0 Å². The van der Waals surface area contributed by atoms with Crippen LogP contribution in [0.1, 0.15) is 17.3 Å². The van der Waals surface area contributed by atoms with Crippen LogP contribution in [0.25, 0.3) is 0 Å². The molecule has 4 N–H and O–H groups in total. The lowest BCUT2D eigenvalue weighted by molar-refractivity contribution is -0.118. The number of carbonyl (C=O) groups excluding carboxylic acids is 2. The van der Waals surface area contributed by atoms with Crippen molar-refractivity contribution in [3.05, 3.63) is 65.7 Å². The van der Waals surface area contributed by atoms with E-state index < -0.39 is 11.9 Å². The number of ether oxygens (including phenoxy) is 2. The molecule has 13 nitrogen and oxygen atoms in total. The van der Waals surface area contributed by atoms with E-state index in [-0.39, 0.29) is 18.7 Å². The molecule has 2 aliphatic heterocycles. The number of imide groups is 1. The minimum absolute atomic E-state index is 0.110. The molecule has 0 aliphatic carbocycles. The fourth-order valence-electron chi connectivity index (χ4n) is 4.13. The molecule has 13 heteroatoms. The van der Waals surface area contributed by atoms with Crippen LogP contribution in [0.2, 0.25) is 0 Å². The number of benzene rings is 2. The average Bonchev–Trinajstić information content (AvgIpc) is 3.27. The maximum Gasteiger partial charge on any atom is 0.343 e. The smallest absolute Gasteiger partial charge is 0.343 e. The third-order valence-corrected chi connectivity index (χ3v) is 6.07. The van der Waals surface area contributed by atoms with Crippen molar-refractivity contribution in [1.29, 1.82) is 0 Å². The van der Waals surface area contributed by atoms with E-state index in [4.69, 9.17) is 9.47 Å². The van der Waals surface area contributed by atoms with Crippen molar-refractivity contribution in [1.82, 2.24) is 30.2 Å². The first-order valence-corrected chi connectivity index (χ1v) is 12.2. The second-order valence-corrected chi connectivity index (χ2v) is 8.67. The molecule has 0 saturated carbocycles. The number of nitrogens with zero attached hydrogens (tertiary/aromatic N) is 5. The summed E-state index contributed by atoms with van der Waals surface area (Å²) >= 11 is 0. The number of hydrogen-bond donors (Lipinski definition) is 4. The van der Waals surface area contributed by atoms with E-state index >= 15 is 0 Å². The number of carbonyl (C=O) groups is 2.